The van der Waals surface area contributed by atoms with Crippen LogP contribution in [0, 0.1) is 13.8 Å². The van der Waals surface area contributed by atoms with Crippen LogP contribution in [0.4, 0.5) is 18.9 Å². The van der Waals surface area contributed by atoms with Crippen molar-refractivity contribution in [1.82, 2.24) is 19.6 Å². The van der Waals surface area contributed by atoms with E-state index in [1.165, 1.54) is 0 Å². The van der Waals surface area contributed by atoms with E-state index in [-0.39, 0.29) is 24.0 Å². The smallest absolute Gasteiger partial charge is 0.453 e. The lowest BCUT2D eigenvalue weighted by molar-refractivity contribution is -0.147. The second kappa shape index (κ2) is 9.40. The number of nitrogens with one attached hydrogen (secondary N) is 1. The van der Waals surface area contributed by atoms with Gasteiger partial charge in [-0.2, -0.15) is 18.2 Å². The Morgan fingerprint density at radius 1 is 1.06 bits per heavy atom. The lowest BCUT2D eigenvalue weighted by Gasteiger charge is -2.19. The van der Waals surface area contributed by atoms with E-state index in [2.05, 4.69) is 41.2 Å². The molecule has 2 aromatic heterocycles. The molecule has 3 aromatic rings. The van der Waals surface area contributed by atoms with Crippen LogP contribution in [0.1, 0.15) is 55.5 Å². The van der Waals surface area contributed by atoms with E-state index in [1.807, 2.05) is 12.1 Å². The van der Waals surface area contributed by atoms with Crippen molar-refractivity contribution in [2.75, 3.05) is 11.9 Å². The molecule has 0 aliphatic carbocycles. The van der Waals surface area contributed by atoms with Gasteiger partial charge in [-0.3, -0.25) is 9.59 Å². The Hall–Kier alpha value is -3.50. The Kier molecular flexibility index (Phi) is 6.94. The highest BCUT2D eigenvalue weighted by atomic mass is 19.4. The molecular weight excluding hydrogens is 451 g/mol. The molecule has 0 spiro atoms. The number of alkyl halides is 3. The molecule has 1 N–H and O–H groups in total. The molecule has 0 saturated heterocycles. The molecule has 0 saturated carbocycles. The lowest BCUT2D eigenvalue weighted by atomic mass is 9.87. The molecule has 2 heterocycles. The fraction of sp³-hybridized carbons (Fsp3) is 0.435. The lowest BCUT2D eigenvalue weighted by Crippen LogP contribution is -2.21. The van der Waals surface area contributed by atoms with Gasteiger partial charge in [0.05, 0.1) is 0 Å². The van der Waals surface area contributed by atoms with Crippen LogP contribution in [0.15, 0.2) is 24.3 Å². The number of amides is 1. The molecule has 3 rings (SSSR count). The van der Waals surface area contributed by atoms with E-state index in [0.29, 0.717) is 22.6 Å². The van der Waals surface area contributed by atoms with Crippen LogP contribution in [0.3, 0.4) is 0 Å². The molecule has 11 heteroatoms. The summed E-state index contributed by atoms with van der Waals surface area (Å²) in [6, 6.07) is 7.40. The number of ether oxygens (including phenoxy) is 1. The molecule has 0 aliphatic rings. The molecule has 0 aliphatic heterocycles. The van der Waals surface area contributed by atoms with Crippen molar-refractivity contribution in [3.05, 3.63) is 52.6 Å². The van der Waals surface area contributed by atoms with Gasteiger partial charge in [0.15, 0.2) is 6.61 Å². The monoisotopic (exact) mass is 477 g/mol. The first-order valence-corrected chi connectivity index (χ1v) is 10.6. The third-order valence-corrected chi connectivity index (χ3v) is 5.28. The summed E-state index contributed by atoms with van der Waals surface area (Å²) < 4.78 is 44.8. The number of carbonyl (C=O) groups excluding carboxylic acids is 2. The SMILES string of the molecule is Cc1nc2nc(C(F)(F)F)nn2c(C)c1CCC(=O)OCC(=O)Nc1ccc(C(C)(C)C)cc1. The van der Waals surface area contributed by atoms with Crippen molar-refractivity contribution in [2.24, 2.45) is 0 Å². The maximum Gasteiger partial charge on any atom is 0.453 e. The van der Waals surface area contributed by atoms with Crippen LogP contribution < -0.4 is 5.32 Å². The Bertz CT molecular complexity index is 1210. The molecule has 1 aromatic carbocycles. The topological polar surface area (TPSA) is 98.5 Å². The summed E-state index contributed by atoms with van der Waals surface area (Å²) >= 11 is 0. The van der Waals surface area contributed by atoms with Crippen LogP contribution in [0.25, 0.3) is 5.78 Å². The first kappa shape index (κ1) is 25.1. The Morgan fingerprint density at radius 3 is 2.29 bits per heavy atom. The number of esters is 1. The number of fused-ring (bicyclic) bond motifs is 1. The van der Waals surface area contributed by atoms with Gasteiger partial charge >= 0.3 is 12.1 Å². The molecule has 0 atom stereocenters. The highest BCUT2D eigenvalue weighted by Gasteiger charge is 2.37. The number of aryl methyl sites for hydroxylation is 2. The van der Waals surface area contributed by atoms with Crippen LogP contribution in [0.5, 0.6) is 0 Å². The number of halogens is 3. The van der Waals surface area contributed by atoms with Crippen LogP contribution in [-0.2, 0) is 32.3 Å². The summed E-state index contributed by atoms with van der Waals surface area (Å²) in [7, 11) is 0. The maximum absolute atomic E-state index is 12.9. The van der Waals surface area contributed by atoms with Crippen molar-refractivity contribution in [1.29, 1.82) is 0 Å². The standard InChI is InChI=1S/C23H26F3N5O3/c1-13-17(14(2)31-21(27-13)29-20(30-31)23(24,25)26)10-11-19(33)34-12-18(32)28-16-8-6-15(7-9-16)22(3,4)5/h6-9H,10-12H2,1-5H3,(H,28,32). The van der Waals surface area contributed by atoms with Crippen molar-refractivity contribution in [3.63, 3.8) is 0 Å². The molecule has 182 valence electrons. The average molecular weight is 477 g/mol. The first-order valence-electron chi connectivity index (χ1n) is 10.6. The second-order valence-electron chi connectivity index (χ2n) is 8.94. The molecule has 8 nitrogen and oxygen atoms in total. The normalized spacial score (nSPS) is 12.1. The van der Waals surface area contributed by atoms with Gasteiger partial charge in [0.2, 0.25) is 0 Å². The van der Waals surface area contributed by atoms with Crippen LogP contribution in [-0.4, -0.2) is 38.1 Å². The predicted molar refractivity (Wildman–Crippen MR) is 118 cm³/mol. The quantitative estimate of drug-likeness (QED) is 0.535. The number of carbonyl (C=O) groups is 2. The zero-order valence-electron chi connectivity index (χ0n) is 19.6. The van der Waals surface area contributed by atoms with Gasteiger partial charge < -0.3 is 10.1 Å². The summed E-state index contributed by atoms with van der Waals surface area (Å²) in [4.78, 5) is 31.7. The van der Waals surface area contributed by atoms with Gasteiger partial charge in [0.25, 0.3) is 17.5 Å². The largest absolute Gasteiger partial charge is 0.456 e. The van der Waals surface area contributed by atoms with Gasteiger partial charge in [-0.05, 0) is 48.9 Å². The third kappa shape index (κ3) is 5.89. The summed E-state index contributed by atoms with van der Waals surface area (Å²) in [6.45, 7) is 9.01. The molecule has 0 radical (unpaired) electrons. The van der Waals surface area contributed by atoms with E-state index in [0.717, 1.165) is 10.1 Å². The maximum atomic E-state index is 12.9. The minimum atomic E-state index is -4.69. The van der Waals surface area contributed by atoms with Gasteiger partial charge in [-0.25, -0.2) is 9.50 Å². The van der Waals surface area contributed by atoms with Gasteiger partial charge in [0, 0.05) is 23.5 Å². The van der Waals surface area contributed by atoms with E-state index < -0.39 is 30.5 Å². The molecule has 0 unspecified atom stereocenters. The predicted octanol–water partition coefficient (Wildman–Crippen LogP) is 4.17. The number of hydrogen-bond donors (Lipinski definition) is 1. The summed E-state index contributed by atoms with van der Waals surface area (Å²) in [6.07, 6.45) is -4.60. The third-order valence-electron chi connectivity index (χ3n) is 5.28. The zero-order chi connectivity index (χ0) is 25.3. The van der Waals surface area contributed by atoms with Crippen molar-refractivity contribution in [2.45, 2.75) is 59.1 Å². The average Bonchev–Trinajstić information content (AvgIpc) is 3.16. The number of aromatic nitrogens is 4. The summed E-state index contributed by atoms with van der Waals surface area (Å²) in [5, 5.41) is 6.15. The van der Waals surface area contributed by atoms with Crippen molar-refractivity contribution in [3.8, 4) is 0 Å². The first-order chi connectivity index (χ1) is 15.8. The Labute approximate surface area is 194 Å². The molecule has 0 bridgehead atoms. The number of nitrogens with zero attached hydrogens (tertiary/aromatic N) is 4. The number of benzene rings is 1. The van der Waals surface area contributed by atoms with Crippen LogP contribution in [0.2, 0.25) is 0 Å². The Morgan fingerprint density at radius 2 is 1.71 bits per heavy atom. The van der Waals surface area contributed by atoms with Gasteiger partial charge in [0.1, 0.15) is 0 Å². The minimum absolute atomic E-state index is 0.0105. The second-order valence-corrected chi connectivity index (χ2v) is 8.94. The fourth-order valence-corrected chi connectivity index (χ4v) is 3.39. The van der Waals surface area contributed by atoms with E-state index >= 15 is 0 Å². The fourth-order valence-electron chi connectivity index (χ4n) is 3.39. The molecule has 34 heavy (non-hydrogen) atoms. The minimum Gasteiger partial charge on any atom is -0.456 e. The number of anilines is 1. The highest BCUT2D eigenvalue weighted by molar-refractivity contribution is 5.92. The van der Waals surface area contributed by atoms with Gasteiger partial charge in [-0.15, -0.1) is 5.10 Å². The molecule has 0 fully saturated rings. The van der Waals surface area contributed by atoms with Crippen LogP contribution >= 0.6 is 0 Å². The highest BCUT2D eigenvalue weighted by Crippen LogP contribution is 2.27. The van der Waals surface area contributed by atoms with Crippen molar-refractivity contribution < 1.29 is 27.5 Å². The van der Waals surface area contributed by atoms with E-state index in [1.54, 1.807) is 26.0 Å². The van der Waals surface area contributed by atoms with E-state index in [4.69, 9.17) is 4.74 Å². The summed E-state index contributed by atoms with van der Waals surface area (Å²) in [5.41, 5.74) is 3.10. The molecular formula is C23H26F3N5O3. The van der Waals surface area contributed by atoms with Gasteiger partial charge in [-0.1, -0.05) is 32.9 Å². The van der Waals surface area contributed by atoms with E-state index in [9.17, 15) is 22.8 Å². The number of rotatable bonds is 6. The Balaban J connectivity index is 1.56. The number of hydrogen-bond acceptors (Lipinski definition) is 6. The van der Waals surface area contributed by atoms with Crippen molar-refractivity contribution >= 4 is 23.3 Å². The summed E-state index contributed by atoms with van der Waals surface area (Å²) in [5.74, 6) is -2.54. The molecule has 1 amide bonds. The zero-order valence-corrected chi connectivity index (χ0v) is 19.6.